The highest BCUT2D eigenvalue weighted by molar-refractivity contribution is 6.33. The first-order valence-electron chi connectivity index (χ1n) is 8.80. The lowest BCUT2D eigenvalue weighted by Gasteiger charge is -2.11. The van der Waals surface area contributed by atoms with E-state index in [0.717, 1.165) is 19.4 Å². The molecule has 1 amide bonds. The number of rotatable bonds is 5. The summed E-state index contributed by atoms with van der Waals surface area (Å²) in [4.78, 5) is 17.1. The van der Waals surface area contributed by atoms with Gasteiger partial charge in [-0.05, 0) is 37.1 Å². The second-order valence-corrected chi connectivity index (χ2v) is 6.70. The Morgan fingerprint density at radius 1 is 1.15 bits per heavy atom. The van der Waals surface area contributed by atoms with Crippen molar-refractivity contribution >= 4 is 17.5 Å². The molecule has 0 unspecified atom stereocenters. The van der Waals surface area contributed by atoms with Crippen molar-refractivity contribution in [3.05, 3.63) is 59.1 Å². The van der Waals surface area contributed by atoms with Crippen molar-refractivity contribution in [2.45, 2.75) is 18.9 Å². The number of hydrogen-bond acceptors (Lipinski definition) is 5. The van der Waals surface area contributed by atoms with Crippen LogP contribution in [0.4, 0.5) is 0 Å². The van der Waals surface area contributed by atoms with Crippen LogP contribution in [0.3, 0.4) is 0 Å². The third-order valence-corrected chi connectivity index (χ3v) is 4.79. The topological polar surface area (TPSA) is 77.2 Å². The Morgan fingerprint density at radius 2 is 1.93 bits per heavy atom. The molecule has 0 bridgehead atoms. The normalized spacial score (nSPS) is 16.4. The number of amides is 1. The molecular weight excluding hydrogens is 366 g/mol. The van der Waals surface area contributed by atoms with E-state index in [1.165, 1.54) is 0 Å². The summed E-state index contributed by atoms with van der Waals surface area (Å²) < 4.78 is 11.0. The fraction of sp³-hybridized carbons (Fsp3) is 0.250. The van der Waals surface area contributed by atoms with Crippen LogP contribution in [-0.2, 0) is 4.74 Å². The number of halogens is 1. The molecule has 1 aromatic heterocycles. The lowest BCUT2D eigenvalue weighted by atomic mass is 10.1. The van der Waals surface area contributed by atoms with Crippen LogP contribution < -0.4 is 5.32 Å². The minimum atomic E-state index is -0.196. The van der Waals surface area contributed by atoms with Crippen LogP contribution in [0.5, 0.6) is 0 Å². The Morgan fingerprint density at radius 3 is 2.70 bits per heavy atom. The van der Waals surface area contributed by atoms with E-state index >= 15 is 0 Å². The molecule has 1 fully saturated rings. The average Bonchev–Trinajstić information content (AvgIpc) is 3.38. The monoisotopic (exact) mass is 383 g/mol. The van der Waals surface area contributed by atoms with E-state index in [0.29, 0.717) is 34.1 Å². The van der Waals surface area contributed by atoms with Crippen LogP contribution in [0.2, 0.25) is 5.02 Å². The molecule has 27 heavy (non-hydrogen) atoms. The van der Waals surface area contributed by atoms with Gasteiger partial charge in [-0.1, -0.05) is 41.0 Å². The molecule has 138 valence electrons. The van der Waals surface area contributed by atoms with Gasteiger partial charge >= 0.3 is 0 Å². The standard InChI is InChI=1S/C20H18ClN3O3/c21-17-10-4-3-9-16(17)18-23-20(27-24-18)15-8-2-1-7-14(15)19(25)22-12-13-6-5-11-26-13/h1-4,7-10,13H,5-6,11-12H2,(H,22,25)/t13-/m1/s1. The van der Waals surface area contributed by atoms with Gasteiger partial charge in [0, 0.05) is 18.7 Å². The molecule has 1 aliphatic rings. The van der Waals surface area contributed by atoms with Gasteiger partial charge in [-0.2, -0.15) is 4.98 Å². The van der Waals surface area contributed by atoms with Crippen molar-refractivity contribution in [2.24, 2.45) is 0 Å². The van der Waals surface area contributed by atoms with Gasteiger partial charge in [0.15, 0.2) is 0 Å². The van der Waals surface area contributed by atoms with Crippen molar-refractivity contribution in [1.29, 1.82) is 0 Å². The van der Waals surface area contributed by atoms with Crippen LogP contribution in [0.1, 0.15) is 23.2 Å². The van der Waals surface area contributed by atoms with E-state index in [1.807, 2.05) is 24.3 Å². The molecule has 2 aromatic carbocycles. The van der Waals surface area contributed by atoms with Gasteiger partial charge < -0.3 is 14.6 Å². The fourth-order valence-corrected chi connectivity index (χ4v) is 3.28. The summed E-state index contributed by atoms with van der Waals surface area (Å²) in [5.41, 5.74) is 1.73. The predicted molar refractivity (Wildman–Crippen MR) is 101 cm³/mol. The summed E-state index contributed by atoms with van der Waals surface area (Å²) in [5.74, 6) is 0.455. The lowest BCUT2D eigenvalue weighted by Crippen LogP contribution is -2.32. The average molecular weight is 384 g/mol. The zero-order valence-corrected chi connectivity index (χ0v) is 15.3. The SMILES string of the molecule is O=C(NC[C@H]1CCCO1)c1ccccc1-c1nc(-c2ccccc2Cl)no1. The highest BCUT2D eigenvalue weighted by atomic mass is 35.5. The Kier molecular flexibility index (Phi) is 5.18. The molecule has 7 heteroatoms. The Labute approximate surface area is 161 Å². The third-order valence-electron chi connectivity index (χ3n) is 4.46. The number of nitrogens with zero attached hydrogens (tertiary/aromatic N) is 2. The Balaban J connectivity index is 1.58. The van der Waals surface area contributed by atoms with E-state index in [4.69, 9.17) is 20.9 Å². The molecule has 3 aromatic rings. The molecule has 2 heterocycles. The van der Waals surface area contributed by atoms with Crippen molar-refractivity contribution < 1.29 is 14.1 Å². The predicted octanol–water partition coefficient (Wildman–Crippen LogP) is 3.97. The smallest absolute Gasteiger partial charge is 0.259 e. The molecule has 0 radical (unpaired) electrons. The van der Waals surface area contributed by atoms with E-state index < -0.39 is 0 Å². The van der Waals surface area contributed by atoms with E-state index in [1.54, 1.807) is 24.3 Å². The summed E-state index contributed by atoms with van der Waals surface area (Å²) in [6, 6.07) is 14.4. The molecule has 1 saturated heterocycles. The van der Waals surface area contributed by atoms with E-state index in [-0.39, 0.29) is 17.9 Å². The quantitative estimate of drug-likeness (QED) is 0.721. The highest BCUT2D eigenvalue weighted by Crippen LogP contribution is 2.28. The maximum atomic E-state index is 12.6. The molecular formula is C20H18ClN3O3. The number of nitrogens with one attached hydrogen (secondary N) is 1. The molecule has 1 N–H and O–H groups in total. The van der Waals surface area contributed by atoms with Gasteiger partial charge in [-0.25, -0.2) is 0 Å². The lowest BCUT2D eigenvalue weighted by molar-refractivity contribution is 0.0858. The van der Waals surface area contributed by atoms with Crippen molar-refractivity contribution in [3.8, 4) is 22.8 Å². The van der Waals surface area contributed by atoms with Gasteiger partial charge in [-0.15, -0.1) is 0 Å². The van der Waals surface area contributed by atoms with Gasteiger partial charge in [-0.3, -0.25) is 4.79 Å². The van der Waals surface area contributed by atoms with Gasteiger partial charge in [0.05, 0.1) is 22.3 Å². The largest absolute Gasteiger partial charge is 0.376 e. The molecule has 0 aliphatic carbocycles. The molecule has 6 nitrogen and oxygen atoms in total. The maximum absolute atomic E-state index is 12.6. The number of aromatic nitrogens is 2. The van der Waals surface area contributed by atoms with Gasteiger partial charge in [0.2, 0.25) is 5.82 Å². The zero-order valence-electron chi connectivity index (χ0n) is 14.5. The van der Waals surface area contributed by atoms with Crippen molar-refractivity contribution in [1.82, 2.24) is 15.5 Å². The summed E-state index contributed by atoms with van der Waals surface area (Å²) in [6.45, 7) is 1.24. The molecule has 4 rings (SSSR count). The van der Waals surface area contributed by atoms with Crippen molar-refractivity contribution in [2.75, 3.05) is 13.2 Å². The molecule has 0 spiro atoms. The summed E-state index contributed by atoms with van der Waals surface area (Å²) >= 11 is 6.20. The Bertz CT molecular complexity index is 951. The first-order valence-corrected chi connectivity index (χ1v) is 9.18. The minimum Gasteiger partial charge on any atom is -0.376 e. The van der Waals surface area contributed by atoms with Crippen molar-refractivity contribution in [3.63, 3.8) is 0 Å². The highest BCUT2D eigenvalue weighted by Gasteiger charge is 2.21. The second-order valence-electron chi connectivity index (χ2n) is 6.29. The Hall–Kier alpha value is -2.70. The van der Waals surface area contributed by atoms with E-state index in [9.17, 15) is 4.79 Å². The van der Waals surface area contributed by atoms with E-state index in [2.05, 4.69) is 15.5 Å². The fourth-order valence-electron chi connectivity index (χ4n) is 3.06. The number of carbonyl (C=O) groups is 1. The summed E-state index contributed by atoms with van der Waals surface area (Å²) in [6.07, 6.45) is 2.08. The zero-order chi connectivity index (χ0) is 18.6. The van der Waals surface area contributed by atoms with Crippen LogP contribution in [0.25, 0.3) is 22.8 Å². The van der Waals surface area contributed by atoms with Crippen LogP contribution >= 0.6 is 11.6 Å². The molecule has 0 saturated carbocycles. The number of benzene rings is 2. The molecule has 1 aliphatic heterocycles. The number of hydrogen-bond donors (Lipinski definition) is 1. The van der Waals surface area contributed by atoms with Crippen LogP contribution in [0.15, 0.2) is 53.1 Å². The number of ether oxygens (including phenoxy) is 1. The summed E-state index contributed by atoms with van der Waals surface area (Å²) in [7, 11) is 0. The second kappa shape index (κ2) is 7.90. The maximum Gasteiger partial charge on any atom is 0.259 e. The third kappa shape index (κ3) is 3.86. The molecule has 1 atom stereocenters. The van der Waals surface area contributed by atoms with Crippen LogP contribution in [0, 0.1) is 0 Å². The first kappa shape index (κ1) is 17.7. The minimum absolute atomic E-state index is 0.0799. The van der Waals surface area contributed by atoms with Crippen LogP contribution in [-0.4, -0.2) is 35.3 Å². The van der Waals surface area contributed by atoms with Gasteiger partial charge in [0.25, 0.3) is 11.8 Å². The van der Waals surface area contributed by atoms with Gasteiger partial charge in [0.1, 0.15) is 0 Å². The first-order chi connectivity index (χ1) is 13.2. The number of carbonyl (C=O) groups excluding carboxylic acids is 1. The summed E-state index contributed by atoms with van der Waals surface area (Å²) in [5, 5.41) is 7.47.